The largest absolute Gasteiger partial charge is 0.444 e. The third kappa shape index (κ3) is 8.05. The molecule has 1 fully saturated rings. The van der Waals surface area contributed by atoms with Gasteiger partial charge in [-0.3, -0.25) is 0 Å². The Kier molecular flexibility index (Phi) is 10.2. The van der Waals surface area contributed by atoms with E-state index in [2.05, 4.69) is 9.97 Å². The molecule has 10 heteroatoms. The fourth-order valence-corrected chi connectivity index (χ4v) is 4.92. The zero-order chi connectivity index (χ0) is 30.3. The van der Waals surface area contributed by atoms with Crippen molar-refractivity contribution in [1.29, 1.82) is 5.26 Å². The third-order valence-corrected chi connectivity index (χ3v) is 7.09. The van der Waals surface area contributed by atoms with Crippen LogP contribution in [0.3, 0.4) is 0 Å². The molecule has 2 aromatic carbocycles. The number of nitrogens with zero attached hydrogens (tertiary/aromatic N) is 5. The van der Waals surface area contributed by atoms with Crippen LogP contribution >= 0.6 is 11.6 Å². The van der Waals surface area contributed by atoms with Gasteiger partial charge in [-0.25, -0.2) is 19.2 Å². The van der Waals surface area contributed by atoms with Crippen molar-refractivity contribution in [3.8, 4) is 17.3 Å². The Morgan fingerprint density at radius 3 is 2.55 bits per heavy atom. The Labute approximate surface area is 251 Å². The maximum atomic E-state index is 14.3. The maximum absolute atomic E-state index is 14.3. The molecule has 0 aliphatic carbocycles. The average Bonchev–Trinajstić information content (AvgIpc) is 2.96. The van der Waals surface area contributed by atoms with Gasteiger partial charge in [0, 0.05) is 38.3 Å². The number of piperidine rings is 1. The molecule has 3 aromatic rings. The molecule has 1 aromatic heterocycles. The summed E-state index contributed by atoms with van der Waals surface area (Å²) < 4.78 is 25.1. The van der Waals surface area contributed by atoms with E-state index in [4.69, 9.17) is 26.3 Å². The van der Waals surface area contributed by atoms with E-state index < -0.39 is 11.4 Å². The van der Waals surface area contributed by atoms with Crippen molar-refractivity contribution >= 4 is 29.7 Å². The van der Waals surface area contributed by atoms with Gasteiger partial charge < -0.3 is 19.3 Å². The van der Waals surface area contributed by atoms with Crippen LogP contribution < -0.4 is 4.90 Å². The van der Waals surface area contributed by atoms with Gasteiger partial charge in [0.2, 0.25) is 5.95 Å². The van der Waals surface area contributed by atoms with Gasteiger partial charge in [0.25, 0.3) is 0 Å². The lowest BCUT2D eigenvalue weighted by Crippen LogP contribution is -2.48. The summed E-state index contributed by atoms with van der Waals surface area (Å²) in [5.41, 5.74) is 2.25. The van der Waals surface area contributed by atoms with Crippen LogP contribution in [0.5, 0.6) is 0 Å². The first-order valence-electron chi connectivity index (χ1n) is 13.8. The lowest BCUT2D eigenvalue weighted by atomic mass is 10.0. The fraction of sp³-hybridized carbons (Fsp3) is 0.375. The summed E-state index contributed by atoms with van der Waals surface area (Å²) in [5, 5.41) is 9.33. The molecular formula is C32H35ClFN5O3. The summed E-state index contributed by atoms with van der Waals surface area (Å²) in [4.78, 5) is 26.2. The SMILES string of the molecule is COC/C=C/c1ccc(CN(C(=O)OC(C)(C)C)C2CCN(c3ncc(Cl)c(-c4ccc(C#N)c(F)c4)n3)CC2)cc1. The molecule has 2 heterocycles. The minimum Gasteiger partial charge on any atom is -0.444 e. The second kappa shape index (κ2) is 13.8. The number of ether oxygens (including phenoxy) is 2. The summed E-state index contributed by atoms with van der Waals surface area (Å²) in [7, 11) is 1.66. The highest BCUT2D eigenvalue weighted by Crippen LogP contribution is 2.30. The number of rotatable bonds is 8. The lowest BCUT2D eigenvalue weighted by Gasteiger charge is -2.39. The van der Waals surface area contributed by atoms with Crippen LogP contribution in [0.1, 0.15) is 50.3 Å². The Balaban J connectivity index is 1.49. The second-order valence-electron chi connectivity index (χ2n) is 11.1. The zero-order valence-electron chi connectivity index (χ0n) is 24.3. The van der Waals surface area contributed by atoms with Gasteiger partial charge in [-0.05, 0) is 56.9 Å². The van der Waals surface area contributed by atoms with Crippen molar-refractivity contribution < 1.29 is 18.7 Å². The van der Waals surface area contributed by atoms with Gasteiger partial charge in [0.05, 0.1) is 29.1 Å². The van der Waals surface area contributed by atoms with Gasteiger partial charge in [0.1, 0.15) is 17.5 Å². The standard InChI is InChI=1S/C32H35ClFN5O3/c1-32(2,3)42-31(40)39(21-23-9-7-22(8-10-23)6-5-17-41-4)26-13-15-38(16-14-26)30-36-20-27(33)29(37-30)24-11-12-25(19-35)28(34)18-24/h5-12,18,20,26H,13-17,21H2,1-4H3/b6-5+. The number of hydrogen-bond acceptors (Lipinski definition) is 7. The van der Waals surface area contributed by atoms with E-state index in [1.54, 1.807) is 13.2 Å². The number of methoxy groups -OCH3 is 1. The Hall–Kier alpha value is -4.00. The normalized spacial score (nSPS) is 14.2. The molecule has 42 heavy (non-hydrogen) atoms. The first-order valence-corrected chi connectivity index (χ1v) is 14.2. The monoisotopic (exact) mass is 591 g/mol. The van der Waals surface area contributed by atoms with Crippen LogP contribution in [0.4, 0.5) is 15.1 Å². The Bertz CT molecular complexity index is 1460. The van der Waals surface area contributed by atoms with E-state index >= 15 is 0 Å². The number of aromatic nitrogens is 2. The summed E-state index contributed by atoms with van der Waals surface area (Å²) in [5.74, 6) is -0.162. The van der Waals surface area contributed by atoms with E-state index in [1.807, 2.05) is 73.1 Å². The van der Waals surface area contributed by atoms with Gasteiger partial charge in [0.15, 0.2) is 0 Å². The topological polar surface area (TPSA) is 91.6 Å². The van der Waals surface area contributed by atoms with Crippen molar-refractivity contribution in [3.63, 3.8) is 0 Å². The lowest BCUT2D eigenvalue weighted by molar-refractivity contribution is 0.0113. The second-order valence-corrected chi connectivity index (χ2v) is 11.5. The number of benzene rings is 2. The van der Waals surface area contributed by atoms with Gasteiger partial charge in [-0.1, -0.05) is 54.1 Å². The highest BCUT2D eigenvalue weighted by Gasteiger charge is 2.32. The van der Waals surface area contributed by atoms with Crippen LogP contribution in [0.15, 0.2) is 54.7 Å². The highest BCUT2D eigenvalue weighted by molar-refractivity contribution is 6.32. The minimum absolute atomic E-state index is 0.0447. The maximum Gasteiger partial charge on any atom is 0.410 e. The molecule has 220 valence electrons. The number of hydrogen-bond donors (Lipinski definition) is 0. The molecule has 1 aliphatic heterocycles. The Morgan fingerprint density at radius 1 is 1.21 bits per heavy atom. The number of anilines is 1. The van der Waals surface area contributed by atoms with Gasteiger partial charge in [-0.15, -0.1) is 0 Å². The molecule has 0 bridgehead atoms. The van der Waals surface area contributed by atoms with Crippen molar-refractivity contribution in [1.82, 2.24) is 14.9 Å². The van der Waals surface area contributed by atoms with E-state index in [-0.39, 0.29) is 22.7 Å². The van der Waals surface area contributed by atoms with Crippen LogP contribution in [0.2, 0.25) is 5.02 Å². The molecule has 0 N–H and O–H groups in total. The van der Waals surface area contributed by atoms with Crippen molar-refractivity contribution in [2.24, 2.45) is 0 Å². The molecule has 1 saturated heterocycles. The zero-order valence-corrected chi connectivity index (χ0v) is 25.1. The first kappa shape index (κ1) is 30.9. The van der Waals surface area contributed by atoms with Crippen LogP contribution in [-0.4, -0.2) is 59.4 Å². The summed E-state index contributed by atoms with van der Waals surface area (Å²) in [6.45, 7) is 7.77. The number of amides is 1. The van der Waals surface area contributed by atoms with Crippen LogP contribution in [-0.2, 0) is 16.0 Å². The van der Waals surface area contributed by atoms with Crippen molar-refractivity contribution in [2.75, 3.05) is 31.7 Å². The highest BCUT2D eigenvalue weighted by atomic mass is 35.5. The molecule has 1 aliphatic rings. The van der Waals surface area contributed by atoms with Crippen LogP contribution in [0.25, 0.3) is 17.3 Å². The number of carbonyl (C=O) groups excluding carboxylic acids is 1. The van der Waals surface area contributed by atoms with Gasteiger partial charge in [-0.2, -0.15) is 5.26 Å². The number of nitriles is 1. The molecule has 0 atom stereocenters. The van der Waals surface area contributed by atoms with E-state index in [0.717, 1.165) is 11.1 Å². The molecule has 8 nitrogen and oxygen atoms in total. The molecule has 1 amide bonds. The number of halogens is 2. The molecule has 0 saturated carbocycles. The molecule has 0 radical (unpaired) electrons. The predicted octanol–water partition coefficient (Wildman–Crippen LogP) is 6.87. The Morgan fingerprint density at radius 2 is 1.93 bits per heavy atom. The van der Waals surface area contributed by atoms with E-state index in [1.165, 1.54) is 18.3 Å². The minimum atomic E-state index is -0.633. The van der Waals surface area contributed by atoms with Crippen molar-refractivity contribution in [3.05, 3.63) is 82.3 Å². The van der Waals surface area contributed by atoms with E-state index in [9.17, 15) is 9.18 Å². The number of carbonyl (C=O) groups is 1. The van der Waals surface area contributed by atoms with Crippen molar-refractivity contribution in [2.45, 2.75) is 51.8 Å². The summed E-state index contributed by atoms with van der Waals surface area (Å²) in [6, 6.07) is 14.1. The summed E-state index contributed by atoms with van der Waals surface area (Å²) in [6.07, 6.45) is 6.47. The smallest absolute Gasteiger partial charge is 0.410 e. The van der Waals surface area contributed by atoms with Gasteiger partial charge >= 0.3 is 6.09 Å². The first-order chi connectivity index (χ1) is 20.1. The van der Waals surface area contributed by atoms with Crippen LogP contribution in [0, 0.1) is 17.1 Å². The molecule has 0 unspecified atom stereocenters. The predicted molar refractivity (Wildman–Crippen MR) is 162 cm³/mol. The molecular weight excluding hydrogens is 557 g/mol. The molecule has 0 spiro atoms. The third-order valence-electron chi connectivity index (χ3n) is 6.82. The van der Waals surface area contributed by atoms with E-state index in [0.29, 0.717) is 56.3 Å². The molecule has 4 rings (SSSR count). The fourth-order valence-electron chi connectivity index (χ4n) is 4.72. The summed E-state index contributed by atoms with van der Waals surface area (Å²) >= 11 is 6.37. The average molecular weight is 592 g/mol. The quantitative estimate of drug-likeness (QED) is 0.282.